The van der Waals surface area contributed by atoms with Gasteiger partial charge in [0.05, 0.1) is 6.61 Å². The number of aryl methyl sites for hydroxylation is 1. The highest BCUT2D eigenvalue weighted by molar-refractivity contribution is 5.49. The van der Waals surface area contributed by atoms with Gasteiger partial charge in [-0.05, 0) is 70.5 Å². The van der Waals surface area contributed by atoms with Crippen molar-refractivity contribution in [2.75, 3.05) is 6.61 Å². The van der Waals surface area contributed by atoms with Gasteiger partial charge in [-0.25, -0.2) is 0 Å². The van der Waals surface area contributed by atoms with Gasteiger partial charge in [-0.1, -0.05) is 66.9 Å². The molecule has 2 rings (SSSR count). The van der Waals surface area contributed by atoms with Crippen molar-refractivity contribution in [3.8, 4) is 5.75 Å². The van der Waals surface area contributed by atoms with Crippen LogP contribution in [0.4, 0.5) is 0 Å². The van der Waals surface area contributed by atoms with Gasteiger partial charge in [-0.15, -0.1) is 0 Å². The monoisotopic (exact) mass is 411 g/mol. The van der Waals surface area contributed by atoms with E-state index in [9.17, 15) is 5.11 Å². The van der Waals surface area contributed by atoms with Gasteiger partial charge in [-0.2, -0.15) is 0 Å². The summed E-state index contributed by atoms with van der Waals surface area (Å²) in [6.07, 6.45) is 11.0. The van der Waals surface area contributed by atoms with Crippen molar-refractivity contribution in [3.05, 3.63) is 58.9 Å². The molecule has 0 amide bonds. The van der Waals surface area contributed by atoms with Gasteiger partial charge in [-0.3, -0.25) is 4.98 Å². The fourth-order valence-electron chi connectivity index (χ4n) is 3.72. The molecule has 0 fully saturated rings. The number of benzene rings is 1. The molecule has 3 heteroatoms. The number of phenolic OH excluding ortho intramolecular Hbond substituents is 1. The van der Waals surface area contributed by atoms with Gasteiger partial charge >= 0.3 is 0 Å². The van der Waals surface area contributed by atoms with Crippen LogP contribution in [0.3, 0.4) is 0 Å². The SMILES string of the molecule is CC(C)(C)c1cc(COCCCCCCCc2cccnc2)cc(C(C)(C)C)c1O. The van der Waals surface area contributed by atoms with E-state index in [1.165, 1.54) is 31.2 Å². The first-order valence-electron chi connectivity index (χ1n) is 11.4. The highest BCUT2D eigenvalue weighted by atomic mass is 16.5. The maximum absolute atomic E-state index is 10.8. The fraction of sp³-hybridized carbons (Fsp3) is 0.593. The molecule has 0 atom stereocenters. The van der Waals surface area contributed by atoms with Crippen LogP contribution in [0, 0.1) is 0 Å². The first kappa shape index (κ1) is 24.4. The Hall–Kier alpha value is -1.87. The van der Waals surface area contributed by atoms with Crippen LogP contribution in [0.25, 0.3) is 0 Å². The number of phenols is 1. The van der Waals surface area contributed by atoms with E-state index in [-0.39, 0.29) is 10.8 Å². The second-order valence-electron chi connectivity index (χ2n) is 10.5. The van der Waals surface area contributed by atoms with Crippen molar-refractivity contribution in [1.29, 1.82) is 0 Å². The van der Waals surface area contributed by atoms with E-state index in [0.29, 0.717) is 12.4 Å². The summed E-state index contributed by atoms with van der Waals surface area (Å²) in [6.45, 7) is 14.3. The minimum absolute atomic E-state index is 0.101. The number of ether oxygens (including phenoxy) is 1. The Morgan fingerprint density at radius 3 is 2.00 bits per heavy atom. The third-order valence-electron chi connectivity index (χ3n) is 5.53. The van der Waals surface area contributed by atoms with E-state index in [1.54, 1.807) is 0 Å². The molecule has 0 aliphatic carbocycles. The van der Waals surface area contributed by atoms with Crippen molar-refractivity contribution in [2.45, 2.75) is 97.5 Å². The van der Waals surface area contributed by atoms with E-state index in [1.807, 2.05) is 18.5 Å². The largest absolute Gasteiger partial charge is 0.507 e. The van der Waals surface area contributed by atoms with Crippen LogP contribution in [-0.2, 0) is 28.6 Å². The van der Waals surface area contributed by atoms with Crippen LogP contribution in [0.15, 0.2) is 36.7 Å². The molecular weight excluding hydrogens is 370 g/mol. The number of aromatic nitrogens is 1. The fourth-order valence-corrected chi connectivity index (χ4v) is 3.72. The lowest BCUT2D eigenvalue weighted by Crippen LogP contribution is -2.18. The number of hydrogen-bond donors (Lipinski definition) is 1. The normalized spacial score (nSPS) is 12.3. The van der Waals surface area contributed by atoms with Crippen LogP contribution in [-0.4, -0.2) is 16.7 Å². The Morgan fingerprint density at radius 2 is 1.43 bits per heavy atom. The van der Waals surface area contributed by atoms with Gasteiger partial charge in [0.15, 0.2) is 0 Å². The minimum atomic E-state index is -0.101. The van der Waals surface area contributed by atoms with Crippen LogP contribution < -0.4 is 0 Å². The average Bonchev–Trinajstić information content (AvgIpc) is 2.66. The second-order valence-corrected chi connectivity index (χ2v) is 10.5. The minimum Gasteiger partial charge on any atom is -0.507 e. The zero-order chi connectivity index (χ0) is 22.2. The van der Waals surface area contributed by atoms with Crippen LogP contribution in [0.1, 0.15) is 95.9 Å². The standard InChI is InChI=1S/C27H41NO2/c1-26(2,3)23-17-22(18-24(25(23)29)27(4,5)6)20-30-16-11-9-7-8-10-13-21-14-12-15-28-19-21/h12,14-15,17-19,29H,7-11,13,16,20H2,1-6H3. The van der Waals surface area contributed by atoms with E-state index in [2.05, 4.69) is 64.7 Å². The lowest BCUT2D eigenvalue weighted by Gasteiger charge is -2.28. The molecule has 30 heavy (non-hydrogen) atoms. The van der Waals surface area contributed by atoms with Crippen molar-refractivity contribution in [3.63, 3.8) is 0 Å². The summed E-state index contributed by atoms with van der Waals surface area (Å²) in [5.41, 5.74) is 4.29. The Labute approximate surface area is 183 Å². The molecule has 1 aromatic carbocycles. The zero-order valence-corrected chi connectivity index (χ0v) is 19.9. The molecule has 0 saturated heterocycles. The smallest absolute Gasteiger partial charge is 0.123 e. The lowest BCUT2D eigenvalue weighted by molar-refractivity contribution is 0.116. The first-order chi connectivity index (χ1) is 14.1. The van der Waals surface area contributed by atoms with Gasteiger partial charge in [0.1, 0.15) is 5.75 Å². The van der Waals surface area contributed by atoms with Gasteiger partial charge in [0.2, 0.25) is 0 Å². The summed E-state index contributed by atoms with van der Waals surface area (Å²) < 4.78 is 5.98. The number of aromatic hydroxyl groups is 1. The summed E-state index contributed by atoms with van der Waals surface area (Å²) in [4.78, 5) is 4.17. The number of nitrogens with zero attached hydrogens (tertiary/aromatic N) is 1. The molecule has 166 valence electrons. The first-order valence-corrected chi connectivity index (χ1v) is 11.4. The number of pyridine rings is 1. The average molecular weight is 412 g/mol. The summed E-state index contributed by atoms with van der Waals surface area (Å²) in [5, 5.41) is 10.8. The Kier molecular flexibility index (Phi) is 8.91. The van der Waals surface area contributed by atoms with Crippen molar-refractivity contribution in [1.82, 2.24) is 4.98 Å². The number of hydrogen-bond acceptors (Lipinski definition) is 3. The summed E-state index contributed by atoms with van der Waals surface area (Å²) in [7, 11) is 0. The van der Waals surface area contributed by atoms with Crippen LogP contribution >= 0.6 is 0 Å². The quantitative estimate of drug-likeness (QED) is 0.424. The predicted octanol–water partition coefficient (Wildman–Crippen LogP) is 7.09. The molecule has 0 unspecified atom stereocenters. The van der Waals surface area contributed by atoms with Gasteiger partial charge in [0, 0.05) is 19.0 Å². The maximum atomic E-state index is 10.8. The summed E-state index contributed by atoms with van der Waals surface area (Å²) >= 11 is 0. The molecule has 0 aliphatic rings. The van der Waals surface area contributed by atoms with Gasteiger partial charge in [0.25, 0.3) is 0 Å². The zero-order valence-electron chi connectivity index (χ0n) is 19.9. The second kappa shape index (κ2) is 10.9. The molecule has 1 N–H and O–H groups in total. The van der Waals surface area contributed by atoms with Crippen molar-refractivity contribution in [2.24, 2.45) is 0 Å². The molecular formula is C27H41NO2. The van der Waals surface area contributed by atoms with E-state index >= 15 is 0 Å². The molecule has 0 saturated carbocycles. The maximum Gasteiger partial charge on any atom is 0.123 e. The van der Waals surface area contributed by atoms with Crippen LogP contribution in [0.5, 0.6) is 5.75 Å². The topological polar surface area (TPSA) is 42.4 Å². The molecule has 1 aromatic heterocycles. The Balaban J connectivity index is 1.75. The molecule has 0 radical (unpaired) electrons. The Bertz CT molecular complexity index is 735. The molecule has 0 bridgehead atoms. The van der Waals surface area contributed by atoms with E-state index in [0.717, 1.165) is 36.1 Å². The summed E-state index contributed by atoms with van der Waals surface area (Å²) in [5.74, 6) is 0.435. The van der Waals surface area contributed by atoms with Crippen molar-refractivity contribution < 1.29 is 9.84 Å². The molecule has 0 aliphatic heterocycles. The van der Waals surface area contributed by atoms with E-state index < -0.39 is 0 Å². The van der Waals surface area contributed by atoms with Crippen molar-refractivity contribution >= 4 is 0 Å². The summed E-state index contributed by atoms with van der Waals surface area (Å²) in [6, 6.07) is 8.39. The third-order valence-corrected chi connectivity index (χ3v) is 5.53. The Morgan fingerprint density at radius 1 is 0.833 bits per heavy atom. The lowest BCUT2D eigenvalue weighted by atomic mass is 9.78. The highest BCUT2D eigenvalue weighted by Crippen LogP contribution is 2.39. The predicted molar refractivity (Wildman–Crippen MR) is 126 cm³/mol. The molecule has 2 aromatic rings. The van der Waals surface area contributed by atoms with E-state index in [4.69, 9.17) is 4.74 Å². The number of unbranched alkanes of at least 4 members (excludes halogenated alkanes) is 4. The van der Waals surface area contributed by atoms with Crippen LogP contribution in [0.2, 0.25) is 0 Å². The highest BCUT2D eigenvalue weighted by Gasteiger charge is 2.26. The molecule has 1 heterocycles. The number of rotatable bonds is 10. The molecule has 0 spiro atoms. The third kappa shape index (κ3) is 7.75. The molecule has 3 nitrogen and oxygen atoms in total. The van der Waals surface area contributed by atoms with Gasteiger partial charge < -0.3 is 9.84 Å².